The summed E-state index contributed by atoms with van der Waals surface area (Å²) < 4.78 is 53.2. The van der Waals surface area contributed by atoms with Gasteiger partial charge < -0.3 is 9.64 Å². The van der Waals surface area contributed by atoms with E-state index in [0.717, 1.165) is 6.26 Å². The van der Waals surface area contributed by atoms with Crippen LogP contribution in [0.3, 0.4) is 0 Å². The molecular formula is C13H16F2N2O4S. The van der Waals surface area contributed by atoms with Gasteiger partial charge in [0, 0.05) is 26.2 Å². The number of carbonyl (C=O) groups is 1. The zero-order chi connectivity index (χ0) is 16.3. The van der Waals surface area contributed by atoms with Crippen LogP contribution in [0.15, 0.2) is 24.3 Å². The minimum absolute atomic E-state index is 0.0376. The van der Waals surface area contributed by atoms with Crippen LogP contribution in [0.4, 0.5) is 8.78 Å². The van der Waals surface area contributed by atoms with Crippen LogP contribution in [0.2, 0.25) is 0 Å². The van der Waals surface area contributed by atoms with E-state index in [-0.39, 0.29) is 37.5 Å². The van der Waals surface area contributed by atoms with Crippen molar-refractivity contribution in [1.29, 1.82) is 0 Å². The first-order chi connectivity index (χ1) is 10.3. The third-order valence-electron chi connectivity index (χ3n) is 3.33. The summed E-state index contributed by atoms with van der Waals surface area (Å²) in [5.74, 6) is -0.641. The Morgan fingerprint density at radius 2 is 1.77 bits per heavy atom. The number of halogens is 2. The quantitative estimate of drug-likeness (QED) is 0.824. The highest BCUT2D eigenvalue weighted by Crippen LogP contribution is 2.22. The van der Waals surface area contributed by atoms with Gasteiger partial charge in [0.1, 0.15) is 5.75 Å². The Morgan fingerprint density at radius 1 is 1.18 bits per heavy atom. The summed E-state index contributed by atoms with van der Waals surface area (Å²) in [6.07, 6.45) is 1.11. The third kappa shape index (κ3) is 3.92. The summed E-state index contributed by atoms with van der Waals surface area (Å²) in [5, 5.41) is 0. The van der Waals surface area contributed by atoms with Gasteiger partial charge in [-0.15, -0.1) is 0 Å². The van der Waals surface area contributed by atoms with E-state index in [1.54, 1.807) is 6.07 Å². The number of ether oxygens (including phenoxy) is 1. The number of sulfonamides is 1. The number of nitrogens with zero attached hydrogens (tertiary/aromatic N) is 2. The van der Waals surface area contributed by atoms with E-state index in [9.17, 15) is 22.0 Å². The van der Waals surface area contributed by atoms with Crippen molar-refractivity contribution in [3.05, 3.63) is 29.8 Å². The zero-order valence-corrected chi connectivity index (χ0v) is 12.7. The Labute approximate surface area is 127 Å². The van der Waals surface area contributed by atoms with Crippen LogP contribution in [0.5, 0.6) is 5.75 Å². The normalized spacial score (nSPS) is 16.8. The molecule has 9 heteroatoms. The van der Waals surface area contributed by atoms with Gasteiger partial charge in [0.15, 0.2) is 0 Å². The van der Waals surface area contributed by atoms with E-state index in [1.165, 1.54) is 27.4 Å². The first kappa shape index (κ1) is 16.6. The topological polar surface area (TPSA) is 66.9 Å². The molecule has 1 aliphatic heterocycles. The molecule has 1 saturated heterocycles. The molecule has 0 unspecified atom stereocenters. The second kappa shape index (κ2) is 6.57. The average Bonchev–Trinajstić information content (AvgIpc) is 2.46. The zero-order valence-electron chi connectivity index (χ0n) is 11.9. The number of amides is 1. The van der Waals surface area contributed by atoms with Gasteiger partial charge >= 0.3 is 6.61 Å². The lowest BCUT2D eigenvalue weighted by Gasteiger charge is -2.33. The van der Waals surface area contributed by atoms with Crippen molar-refractivity contribution >= 4 is 15.9 Å². The molecule has 1 aromatic carbocycles. The molecule has 0 N–H and O–H groups in total. The lowest BCUT2D eigenvalue weighted by molar-refractivity contribution is -0.0503. The van der Waals surface area contributed by atoms with Crippen LogP contribution >= 0.6 is 0 Å². The Kier molecular flexibility index (Phi) is 4.97. The highest BCUT2D eigenvalue weighted by atomic mass is 32.2. The van der Waals surface area contributed by atoms with E-state index in [2.05, 4.69) is 4.74 Å². The summed E-state index contributed by atoms with van der Waals surface area (Å²) >= 11 is 0. The monoisotopic (exact) mass is 334 g/mol. The molecule has 0 saturated carbocycles. The van der Waals surface area contributed by atoms with Crippen LogP contribution < -0.4 is 4.74 Å². The fourth-order valence-corrected chi connectivity index (χ4v) is 3.06. The van der Waals surface area contributed by atoms with Gasteiger partial charge in [-0.25, -0.2) is 8.42 Å². The molecule has 1 aromatic rings. The number of benzene rings is 1. The van der Waals surface area contributed by atoms with Crippen molar-refractivity contribution in [3.63, 3.8) is 0 Å². The number of hydrogen-bond donors (Lipinski definition) is 0. The first-order valence-electron chi connectivity index (χ1n) is 6.57. The molecule has 22 heavy (non-hydrogen) atoms. The van der Waals surface area contributed by atoms with Crippen LogP contribution in [0, 0.1) is 0 Å². The predicted molar refractivity (Wildman–Crippen MR) is 75.4 cm³/mol. The van der Waals surface area contributed by atoms with Gasteiger partial charge in [-0.05, 0) is 12.1 Å². The Bertz CT molecular complexity index is 643. The maximum atomic E-state index is 12.4. The minimum Gasteiger partial charge on any atom is -0.434 e. The van der Waals surface area contributed by atoms with Crippen molar-refractivity contribution in [2.45, 2.75) is 6.61 Å². The number of piperazine rings is 1. The van der Waals surface area contributed by atoms with Gasteiger partial charge in [0.2, 0.25) is 10.0 Å². The largest absolute Gasteiger partial charge is 0.434 e. The summed E-state index contributed by atoms with van der Waals surface area (Å²) in [6, 6.07) is 5.75. The van der Waals surface area contributed by atoms with Crippen molar-refractivity contribution in [1.82, 2.24) is 9.21 Å². The van der Waals surface area contributed by atoms with Crippen molar-refractivity contribution in [2.24, 2.45) is 0 Å². The van der Waals surface area contributed by atoms with Gasteiger partial charge in [-0.1, -0.05) is 12.1 Å². The predicted octanol–water partition coefficient (Wildman–Crippen LogP) is 1.01. The average molecular weight is 334 g/mol. The fourth-order valence-electron chi connectivity index (χ4n) is 2.24. The van der Waals surface area contributed by atoms with Crippen LogP contribution in [-0.2, 0) is 10.0 Å². The SMILES string of the molecule is CS(=O)(=O)N1CCN(C(=O)c2ccccc2OC(F)F)CC1. The molecule has 0 spiro atoms. The molecular weight excluding hydrogens is 318 g/mol. The molecule has 0 aliphatic carbocycles. The fraction of sp³-hybridized carbons (Fsp3) is 0.462. The van der Waals surface area contributed by atoms with E-state index in [0.29, 0.717) is 0 Å². The first-order valence-corrected chi connectivity index (χ1v) is 8.42. The van der Waals surface area contributed by atoms with E-state index in [4.69, 9.17) is 0 Å². The van der Waals surface area contributed by atoms with Gasteiger partial charge in [-0.2, -0.15) is 13.1 Å². The van der Waals surface area contributed by atoms with Crippen LogP contribution in [-0.4, -0.2) is 62.6 Å². The number of rotatable bonds is 4. The standard InChI is InChI=1S/C13H16F2N2O4S/c1-22(19,20)17-8-6-16(7-9-17)12(18)10-4-2-3-5-11(10)21-13(14)15/h2-5,13H,6-9H2,1H3. The number of hydrogen-bond acceptors (Lipinski definition) is 4. The highest BCUT2D eigenvalue weighted by molar-refractivity contribution is 7.88. The molecule has 0 atom stereocenters. The van der Waals surface area contributed by atoms with Crippen LogP contribution in [0.1, 0.15) is 10.4 Å². The summed E-state index contributed by atoms with van der Waals surface area (Å²) in [4.78, 5) is 13.8. The molecule has 0 bridgehead atoms. The smallest absolute Gasteiger partial charge is 0.387 e. The highest BCUT2D eigenvalue weighted by Gasteiger charge is 2.28. The van der Waals surface area contributed by atoms with Gasteiger partial charge in [-0.3, -0.25) is 4.79 Å². The molecule has 1 fully saturated rings. The third-order valence-corrected chi connectivity index (χ3v) is 4.63. The molecule has 122 valence electrons. The summed E-state index contributed by atoms with van der Waals surface area (Å²) in [7, 11) is -3.29. The molecule has 1 aliphatic rings. The van der Waals surface area contributed by atoms with Gasteiger partial charge in [0.25, 0.3) is 5.91 Å². The molecule has 6 nitrogen and oxygen atoms in total. The van der Waals surface area contributed by atoms with Crippen molar-refractivity contribution in [2.75, 3.05) is 32.4 Å². The lowest BCUT2D eigenvalue weighted by Crippen LogP contribution is -2.50. The lowest BCUT2D eigenvalue weighted by atomic mass is 10.1. The second-order valence-electron chi connectivity index (χ2n) is 4.83. The Hall–Kier alpha value is -1.74. The van der Waals surface area contributed by atoms with Crippen LogP contribution in [0.25, 0.3) is 0 Å². The number of alkyl halides is 2. The van der Waals surface area contributed by atoms with E-state index < -0.39 is 22.5 Å². The molecule has 1 heterocycles. The maximum Gasteiger partial charge on any atom is 0.387 e. The molecule has 0 radical (unpaired) electrons. The van der Waals surface area contributed by atoms with E-state index >= 15 is 0 Å². The maximum absolute atomic E-state index is 12.4. The Balaban J connectivity index is 2.10. The summed E-state index contributed by atoms with van der Waals surface area (Å²) in [6.45, 7) is -2.25. The summed E-state index contributed by atoms with van der Waals surface area (Å²) in [5.41, 5.74) is 0.0376. The second-order valence-corrected chi connectivity index (χ2v) is 6.81. The van der Waals surface area contributed by atoms with Crippen molar-refractivity contribution < 1.29 is 26.7 Å². The molecule has 0 aromatic heterocycles. The minimum atomic E-state index is -3.29. The number of carbonyl (C=O) groups excluding carboxylic acids is 1. The Morgan fingerprint density at radius 3 is 2.32 bits per heavy atom. The van der Waals surface area contributed by atoms with Crippen molar-refractivity contribution in [3.8, 4) is 5.75 Å². The molecule has 1 amide bonds. The van der Waals surface area contributed by atoms with E-state index in [1.807, 2.05) is 0 Å². The number of para-hydroxylation sites is 1. The van der Waals surface area contributed by atoms with Gasteiger partial charge in [0.05, 0.1) is 11.8 Å². The molecule has 2 rings (SSSR count).